The summed E-state index contributed by atoms with van der Waals surface area (Å²) < 4.78 is 0. The first-order valence-corrected chi connectivity index (χ1v) is 5.05. The van der Waals surface area contributed by atoms with Crippen molar-refractivity contribution in [2.75, 3.05) is 18.6 Å². The van der Waals surface area contributed by atoms with Crippen molar-refractivity contribution >= 4 is 17.0 Å². The van der Waals surface area contributed by atoms with E-state index in [-0.39, 0.29) is 12.1 Å². The third-order valence-electron chi connectivity index (χ3n) is 2.82. The number of fused-ring (bicyclic) bond motifs is 1. The van der Waals surface area contributed by atoms with Gasteiger partial charge in [0.25, 0.3) is 0 Å². The molecule has 0 fully saturated rings. The van der Waals surface area contributed by atoms with E-state index < -0.39 is 0 Å². The number of H-pyrrole nitrogens is 1. The Morgan fingerprint density at radius 1 is 1.38 bits per heavy atom. The average Bonchev–Trinajstić information content (AvgIpc) is 2.75. The van der Waals surface area contributed by atoms with E-state index in [1.165, 1.54) is 6.33 Å². The van der Waals surface area contributed by atoms with E-state index >= 15 is 0 Å². The standard InChI is InChI=1S/C10H15N5O/c1-10(2,4-16)15(3)9-7-8(12-5-11-7)13-6-14-9/h5-6,16H,4H2,1-3H3,(H,11,12,13,14). The maximum absolute atomic E-state index is 9.34. The first-order chi connectivity index (χ1) is 7.56. The molecule has 0 radical (unpaired) electrons. The Labute approximate surface area is 93.4 Å². The maximum Gasteiger partial charge on any atom is 0.182 e. The summed E-state index contributed by atoms with van der Waals surface area (Å²) in [5.41, 5.74) is 1.03. The smallest absolute Gasteiger partial charge is 0.182 e. The van der Waals surface area contributed by atoms with E-state index in [2.05, 4.69) is 19.9 Å². The fraction of sp³-hybridized carbons (Fsp3) is 0.500. The number of rotatable bonds is 3. The zero-order valence-electron chi connectivity index (χ0n) is 9.60. The molecule has 2 N–H and O–H groups in total. The number of imidazole rings is 1. The Balaban J connectivity index is 2.51. The van der Waals surface area contributed by atoms with Gasteiger partial charge in [0, 0.05) is 7.05 Å². The summed E-state index contributed by atoms with van der Waals surface area (Å²) in [6.07, 6.45) is 3.06. The number of aliphatic hydroxyl groups excluding tert-OH is 1. The minimum Gasteiger partial charge on any atom is -0.394 e. The number of likely N-dealkylation sites (N-methyl/N-ethyl adjacent to an activating group) is 1. The highest BCUT2D eigenvalue weighted by molar-refractivity contribution is 5.82. The van der Waals surface area contributed by atoms with Gasteiger partial charge >= 0.3 is 0 Å². The number of aliphatic hydroxyl groups is 1. The van der Waals surface area contributed by atoms with Gasteiger partial charge in [-0.25, -0.2) is 15.0 Å². The monoisotopic (exact) mass is 221 g/mol. The molecule has 2 aromatic heterocycles. The van der Waals surface area contributed by atoms with Gasteiger partial charge in [-0.2, -0.15) is 0 Å². The molecular formula is C10H15N5O. The minimum atomic E-state index is -0.383. The number of hydrogen-bond donors (Lipinski definition) is 2. The molecule has 0 unspecified atom stereocenters. The number of anilines is 1. The number of nitrogens with zero attached hydrogens (tertiary/aromatic N) is 4. The van der Waals surface area contributed by atoms with E-state index in [1.54, 1.807) is 6.33 Å². The predicted molar refractivity (Wildman–Crippen MR) is 61.3 cm³/mol. The molecule has 2 aromatic rings. The molecule has 0 saturated heterocycles. The number of aromatic amines is 1. The fourth-order valence-corrected chi connectivity index (χ4v) is 1.40. The second kappa shape index (κ2) is 3.71. The fourth-order valence-electron chi connectivity index (χ4n) is 1.40. The second-order valence-corrected chi connectivity index (χ2v) is 4.33. The summed E-state index contributed by atoms with van der Waals surface area (Å²) in [4.78, 5) is 17.3. The molecule has 6 heteroatoms. The highest BCUT2D eigenvalue weighted by Gasteiger charge is 2.25. The highest BCUT2D eigenvalue weighted by Crippen LogP contribution is 2.24. The molecule has 2 rings (SSSR count). The topological polar surface area (TPSA) is 77.9 Å². The van der Waals surface area contributed by atoms with E-state index in [1.807, 2.05) is 25.8 Å². The van der Waals surface area contributed by atoms with Crippen molar-refractivity contribution in [1.82, 2.24) is 19.9 Å². The number of aromatic nitrogens is 4. The van der Waals surface area contributed by atoms with Gasteiger partial charge in [-0.3, -0.25) is 0 Å². The molecule has 0 saturated carbocycles. The van der Waals surface area contributed by atoms with Gasteiger partial charge in [-0.1, -0.05) is 0 Å². The summed E-state index contributed by atoms with van der Waals surface area (Å²) in [5, 5.41) is 9.34. The van der Waals surface area contributed by atoms with E-state index in [9.17, 15) is 5.11 Å². The summed E-state index contributed by atoms with van der Waals surface area (Å²) in [7, 11) is 1.89. The first-order valence-electron chi connectivity index (χ1n) is 5.05. The van der Waals surface area contributed by atoms with E-state index in [4.69, 9.17) is 0 Å². The van der Waals surface area contributed by atoms with Crippen molar-refractivity contribution in [2.45, 2.75) is 19.4 Å². The van der Waals surface area contributed by atoms with Gasteiger partial charge in [-0.05, 0) is 13.8 Å². The molecule has 0 spiro atoms. The second-order valence-electron chi connectivity index (χ2n) is 4.33. The number of nitrogens with one attached hydrogen (secondary N) is 1. The lowest BCUT2D eigenvalue weighted by molar-refractivity contribution is 0.216. The predicted octanol–water partition coefficient (Wildman–Crippen LogP) is 0.560. The Hall–Kier alpha value is -1.69. The van der Waals surface area contributed by atoms with Crippen LogP contribution in [0.3, 0.4) is 0 Å². The van der Waals surface area contributed by atoms with Crippen LogP contribution >= 0.6 is 0 Å². The molecule has 16 heavy (non-hydrogen) atoms. The molecule has 0 amide bonds. The molecule has 6 nitrogen and oxygen atoms in total. The first kappa shape index (κ1) is 10.8. The van der Waals surface area contributed by atoms with Crippen LogP contribution in [-0.2, 0) is 0 Å². The molecule has 86 valence electrons. The largest absolute Gasteiger partial charge is 0.394 e. The third-order valence-corrected chi connectivity index (χ3v) is 2.82. The maximum atomic E-state index is 9.34. The summed E-state index contributed by atoms with van der Waals surface area (Å²) >= 11 is 0. The van der Waals surface area contributed by atoms with Crippen LogP contribution in [-0.4, -0.2) is 44.2 Å². The van der Waals surface area contributed by atoms with Gasteiger partial charge in [0.1, 0.15) is 11.8 Å². The van der Waals surface area contributed by atoms with Gasteiger partial charge in [0.05, 0.1) is 18.5 Å². The molecular weight excluding hydrogens is 206 g/mol. The molecule has 2 heterocycles. The molecule has 0 atom stereocenters. The van der Waals surface area contributed by atoms with Crippen molar-refractivity contribution in [1.29, 1.82) is 0 Å². The van der Waals surface area contributed by atoms with E-state index in [0.717, 1.165) is 11.3 Å². The van der Waals surface area contributed by atoms with Crippen molar-refractivity contribution in [3.05, 3.63) is 12.7 Å². The van der Waals surface area contributed by atoms with Crippen molar-refractivity contribution in [2.24, 2.45) is 0 Å². The van der Waals surface area contributed by atoms with Crippen LogP contribution in [0.4, 0.5) is 5.82 Å². The lowest BCUT2D eigenvalue weighted by Crippen LogP contribution is -2.45. The van der Waals surface area contributed by atoms with Gasteiger partial charge in [-0.15, -0.1) is 0 Å². The van der Waals surface area contributed by atoms with Gasteiger partial charge in [0.2, 0.25) is 0 Å². The molecule has 0 aliphatic heterocycles. The summed E-state index contributed by atoms with van der Waals surface area (Å²) in [5.74, 6) is 0.738. The Kier molecular flexibility index (Phi) is 2.51. The molecule has 0 aromatic carbocycles. The number of hydrogen-bond acceptors (Lipinski definition) is 5. The SMILES string of the molecule is CN(c1ncnc2nc[nH]c12)C(C)(C)CO. The van der Waals surface area contributed by atoms with Crippen LogP contribution in [0.2, 0.25) is 0 Å². The van der Waals surface area contributed by atoms with Gasteiger partial charge < -0.3 is 15.0 Å². The Bertz CT molecular complexity index is 493. The molecule has 0 aliphatic carbocycles. The zero-order valence-corrected chi connectivity index (χ0v) is 9.60. The van der Waals surface area contributed by atoms with Crippen LogP contribution in [0.1, 0.15) is 13.8 Å². The minimum absolute atomic E-state index is 0.0448. The van der Waals surface area contributed by atoms with E-state index in [0.29, 0.717) is 5.65 Å². The van der Waals surface area contributed by atoms with Crippen molar-refractivity contribution < 1.29 is 5.11 Å². The summed E-state index contributed by atoms with van der Waals surface area (Å²) in [6.45, 7) is 3.93. The molecule has 0 aliphatic rings. The molecule has 0 bridgehead atoms. The lowest BCUT2D eigenvalue weighted by Gasteiger charge is -2.34. The zero-order chi connectivity index (χ0) is 11.8. The van der Waals surface area contributed by atoms with Crippen LogP contribution in [0, 0.1) is 0 Å². The van der Waals surface area contributed by atoms with Gasteiger partial charge in [0.15, 0.2) is 11.5 Å². The lowest BCUT2D eigenvalue weighted by atomic mass is 10.1. The quantitative estimate of drug-likeness (QED) is 0.791. The van der Waals surface area contributed by atoms with Crippen LogP contribution < -0.4 is 4.90 Å². The third kappa shape index (κ3) is 1.61. The van der Waals surface area contributed by atoms with Crippen LogP contribution in [0.25, 0.3) is 11.2 Å². The highest BCUT2D eigenvalue weighted by atomic mass is 16.3. The van der Waals surface area contributed by atoms with Crippen molar-refractivity contribution in [3.8, 4) is 0 Å². The average molecular weight is 221 g/mol. The van der Waals surface area contributed by atoms with Crippen LogP contribution in [0.5, 0.6) is 0 Å². The normalized spacial score (nSPS) is 12.0. The Morgan fingerprint density at radius 2 is 2.12 bits per heavy atom. The van der Waals surface area contributed by atoms with Crippen LogP contribution in [0.15, 0.2) is 12.7 Å². The van der Waals surface area contributed by atoms with Crippen molar-refractivity contribution in [3.63, 3.8) is 0 Å². The summed E-state index contributed by atoms with van der Waals surface area (Å²) in [6, 6.07) is 0. The Morgan fingerprint density at radius 3 is 2.81 bits per heavy atom.